The molecule has 0 aromatic carbocycles. The molecule has 1 spiro atoms. The van der Waals surface area contributed by atoms with Crippen molar-refractivity contribution < 1.29 is 0 Å². The first-order valence-electron chi connectivity index (χ1n) is 2.76. The van der Waals surface area contributed by atoms with Gasteiger partial charge in [-0.05, 0) is 0 Å². The van der Waals surface area contributed by atoms with Gasteiger partial charge in [0.25, 0.3) is 0 Å². The van der Waals surface area contributed by atoms with Crippen LogP contribution in [-0.4, -0.2) is 21.8 Å². The Bertz CT molecular complexity index is 107. The van der Waals surface area contributed by atoms with Gasteiger partial charge in [0.05, 0.1) is 0 Å². The molecule has 54 valence electrons. The van der Waals surface area contributed by atoms with Crippen LogP contribution in [0.4, 0.5) is 0 Å². The first-order chi connectivity index (χ1) is 4.20. The number of hydrogen-bond donors (Lipinski definition) is 0. The third kappa shape index (κ3) is 1.39. The second kappa shape index (κ2) is 2.60. The zero-order chi connectivity index (χ0) is 6.48. The van der Waals surface area contributed by atoms with Crippen LogP contribution >= 0.6 is 36.0 Å². The summed E-state index contributed by atoms with van der Waals surface area (Å²) in [5, 5.41) is 0. The molecule has 0 N–H and O–H groups in total. The predicted molar refractivity (Wildman–Crippen MR) is 55.0 cm³/mol. The molecule has 9 heavy (non-hydrogen) atoms. The minimum absolute atomic E-state index is 0.929. The van der Waals surface area contributed by atoms with Gasteiger partial charge in [0.15, 0.2) is 0 Å². The van der Waals surface area contributed by atoms with E-state index in [1.807, 2.05) is 0 Å². The van der Waals surface area contributed by atoms with Crippen LogP contribution in [0, 0.1) is 0 Å². The molecule has 0 radical (unpaired) electrons. The first-order valence-corrected chi connectivity index (χ1v) is 17.4. The van der Waals surface area contributed by atoms with Crippen molar-refractivity contribution in [2.24, 2.45) is 0 Å². The molecular weight excluding hydrogens is 304 g/mol. The molecule has 0 unspecified atom stereocenters. The summed E-state index contributed by atoms with van der Waals surface area (Å²) in [7, 11) is 9.20. The van der Waals surface area contributed by atoms with Crippen LogP contribution in [-0.2, 0) is 0 Å². The molecule has 2 fully saturated rings. The van der Waals surface area contributed by atoms with Crippen LogP contribution in [0.2, 0.25) is 0 Å². The van der Waals surface area contributed by atoms with E-state index in [1.54, 1.807) is 0 Å². The minimum atomic E-state index is -1.23. The van der Waals surface area contributed by atoms with Crippen molar-refractivity contribution >= 4 is 48.6 Å². The van der Waals surface area contributed by atoms with Crippen LogP contribution in [0.1, 0.15) is 13.8 Å². The monoisotopic (exact) mass is 314 g/mol. The molecule has 0 bridgehead atoms. The van der Waals surface area contributed by atoms with Gasteiger partial charge in [0.2, 0.25) is 0 Å². The molecule has 0 atom stereocenters. The fourth-order valence-corrected chi connectivity index (χ4v) is 61.9. The number of rotatable bonds is 0. The predicted octanol–water partition coefficient (Wildman–Crippen LogP) is 3.07. The van der Waals surface area contributed by atoms with Crippen molar-refractivity contribution in [1.29, 1.82) is 0 Å². The summed E-state index contributed by atoms with van der Waals surface area (Å²) >= 11 is -1.23. The normalized spacial score (nSPS) is 63.8. The molecule has 0 amide bonds. The van der Waals surface area contributed by atoms with Crippen molar-refractivity contribution in [2.75, 3.05) is 0 Å². The average Bonchev–Trinajstić information content (AvgIpc) is 1.58. The average molecular weight is 312 g/mol. The van der Waals surface area contributed by atoms with Crippen molar-refractivity contribution in [2.45, 2.75) is 23.0 Å². The van der Waals surface area contributed by atoms with Crippen LogP contribution < -0.4 is 0 Å². The van der Waals surface area contributed by atoms with Crippen molar-refractivity contribution in [3.05, 3.63) is 0 Å². The summed E-state index contributed by atoms with van der Waals surface area (Å²) < 4.78 is 1.86. The van der Waals surface area contributed by atoms with E-state index in [4.69, 9.17) is 0 Å². The van der Waals surface area contributed by atoms with Gasteiger partial charge in [-0.25, -0.2) is 0 Å². The Morgan fingerprint density at radius 3 is 1.44 bits per heavy atom. The Morgan fingerprint density at radius 1 is 0.889 bits per heavy atom. The van der Waals surface area contributed by atoms with Gasteiger partial charge < -0.3 is 0 Å². The molecule has 2 saturated heterocycles. The summed E-state index contributed by atoms with van der Waals surface area (Å²) in [5.74, 6) is 0. The van der Waals surface area contributed by atoms with E-state index in [1.165, 1.54) is 0 Å². The third-order valence-electron chi connectivity index (χ3n) is 1.01. The fraction of sp³-hybridized carbons (Fsp3) is 1.00. The summed E-state index contributed by atoms with van der Waals surface area (Å²) in [6.45, 7) is 4.66. The van der Waals surface area contributed by atoms with Gasteiger partial charge in [-0.15, -0.1) is 0 Å². The van der Waals surface area contributed by atoms with Gasteiger partial charge >= 0.3 is 71.7 Å². The molecule has 2 aliphatic heterocycles. The molecular formula is C4H8S4Te. The quantitative estimate of drug-likeness (QED) is 0.630. The summed E-state index contributed by atoms with van der Waals surface area (Å²) in [6, 6.07) is 0. The molecule has 0 aromatic rings. The molecule has 0 saturated carbocycles. The SMILES string of the molecule is CC1S[Te]2(S1)SC(C)S2. The van der Waals surface area contributed by atoms with Crippen LogP contribution in [0.15, 0.2) is 0 Å². The van der Waals surface area contributed by atoms with E-state index in [2.05, 4.69) is 49.8 Å². The van der Waals surface area contributed by atoms with Gasteiger partial charge in [-0.1, -0.05) is 0 Å². The zero-order valence-electron chi connectivity index (χ0n) is 5.20. The van der Waals surface area contributed by atoms with Gasteiger partial charge in [-0.3, -0.25) is 0 Å². The standard InChI is InChI=1S/C4H8S4Te/c1-3-5-9(6-3)7-4(2)8-9/h3-4H,1-2H3. The topological polar surface area (TPSA) is 0 Å². The van der Waals surface area contributed by atoms with Crippen molar-refractivity contribution in [1.82, 2.24) is 0 Å². The molecule has 2 aliphatic rings. The van der Waals surface area contributed by atoms with Crippen LogP contribution in [0.3, 0.4) is 0 Å². The third-order valence-corrected chi connectivity index (χ3v) is 45.7. The summed E-state index contributed by atoms with van der Waals surface area (Å²) in [6.07, 6.45) is 0. The van der Waals surface area contributed by atoms with E-state index in [-0.39, 0.29) is 0 Å². The van der Waals surface area contributed by atoms with Crippen molar-refractivity contribution in [3.63, 3.8) is 0 Å². The van der Waals surface area contributed by atoms with Gasteiger partial charge in [0, 0.05) is 0 Å². The summed E-state index contributed by atoms with van der Waals surface area (Å²) in [4.78, 5) is 0. The van der Waals surface area contributed by atoms with Crippen LogP contribution in [0.5, 0.6) is 0 Å². The van der Waals surface area contributed by atoms with Crippen LogP contribution in [0.25, 0.3) is 0 Å². The molecule has 0 nitrogen and oxygen atoms in total. The fourth-order valence-electron chi connectivity index (χ4n) is 0.769. The first kappa shape index (κ1) is 7.82. The van der Waals surface area contributed by atoms with E-state index in [9.17, 15) is 0 Å². The maximum absolute atomic E-state index is 2.33. The Morgan fingerprint density at radius 2 is 1.22 bits per heavy atom. The number of hydrogen-bond acceptors (Lipinski definition) is 4. The Hall–Kier alpha value is 2.19. The Balaban J connectivity index is 1.87. The molecule has 2 heterocycles. The summed E-state index contributed by atoms with van der Waals surface area (Å²) in [5.41, 5.74) is 0. The maximum atomic E-state index is 2.33. The Kier molecular flexibility index (Phi) is 2.26. The van der Waals surface area contributed by atoms with E-state index in [0.717, 1.165) is 9.16 Å². The van der Waals surface area contributed by atoms with Gasteiger partial charge in [-0.2, -0.15) is 0 Å². The van der Waals surface area contributed by atoms with Gasteiger partial charge in [0.1, 0.15) is 0 Å². The second-order valence-corrected chi connectivity index (χ2v) is 37.0. The van der Waals surface area contributed by atoms with E-state index in [0.29, 0.717) is 0 Å². The molecule has 5 heteroatoms. The van der Waals surface area contributed by atoms with E-state index < -0.39 is 12.7 Å². The zero-order valence-corrected chi connectivity index (χ0v) is 10.8. The second-order valence-electron chi connectivity index (χ2n) is 1.93. The molecule has 0 aromatic heterocycles. The Labute approximate surface area is 70.8 Å². The molecule has 0 aliphatic carbocycles. The van der Waals surface area contributed by atoms with E-state index >= 15 is 0 Å². The molecule has 2 rings (SSSR count). The van der Waals surface area contributed by atoms with Crippen molar-refractivity contribution in [3.8, 4) is 0 Å².